The number of thiol groups is 1. The molecule has 0 heterocycles. The molecule has 1 aliphatic rings. The summed E-state index contributed by atoms with van der Waals surface area (Å²) in [7, 11) is 1.77. The van der Waals surface area contributed by atoms with Crippen LogP contribution in [0.3, 0.4) is 0 Å². The highest BCUT2D eigenvalue weighted by atomic mass is 32.1. The molecule has 0 saturated heterocycles. The number of rotatable bonds is 3. The van der Waals surface area contributed by atoms with Crippen LogP contribution in [0.1, 0.15) is 49.1 Å². The molecule has 2 rings (SSSR count). The van der Waals surface area contributed by atoms with Gasteiger partial charge in [0.25, 0.3) is 5.24 Å². The fraction of sp³-hybridized carbons (Fsp3) is 0.533. The van der Waals surface area contributed by atoms with Crippen LogP contribution in [-0.4, -0.2) is 17.2 Å². The molecule has 1 aliphatic carbocycles. The Balaban J connectivity index is 1.98. The summed E-state index contributed by atoms with van der Waals surface area (Å²) in [6.45, 7) is 0.632. The van der Waals surface area contributed by atoms with Crippen LogP contribution in [0.25, 0.3) is 0 Å². The van der Waals surface area contributed by atoms with Crippen molar-refractivity contribution in [2.75, 3.05) is 7.05 Å². The molecule has 3 heteroatoms. The Hall–Kier alpha value is -0.960. The monoisotopic (exact) mass is 263 g/mol. The zero-order chi connectivity index (χ0) is 13.0. The van der Waals surface area contributed by atoms with Crippen molar-refractivity contribution in [3.63, 3.8) is 0 Å². The maximum atomic E-state index is 11.1. The molecule has 0 aromatic heterocycles. The SMILES string of the molecule is CN(Cc1ccc(C2CCCCC2)cc1)C(=O)S. The average Bonchev–Trinajstić information content (AvgIpc) is 2.40. The number of amides is 1. The summed E-state index contributed by atoms with van der Waals surface area (Å²) in [5.41, 5.74) is 2.62. The molecule has 1 aromatic carbocycles. The highest BCUT2D eigenvalue weighted by Gasteiger charge is 2.15. The molecular formula is C15H21NOS. The van der Waals surface area contributed by atoms with E-state index in [-0.39, 0.29) is 5.24 Å². The van der Waals surface area contributed by atoms with Crippen LogP contribution in [0.4, 0.5) is 4.79 Å². The van der Waals surface area contributed by atoms with Crippen molar-refractivity contribution in [1.29, 1.82) is 0 Å². The quantitative estimate of drug-likeness (QED) is 0.810. The third-order valence-corrected chi connectivity index (χ3v) is 4.14. The minimum absolute atomic E-state index is 0.189. The van der Waals surface area contributed by atoms with Gasteiger partial charge in [-0.2, -0.15) is 0 Å². The topological polar surface area (TPSA) is 20.3 Å². The van der Waals surface area contributed by atoms with Crippen LogP contribution < -0.4 is 0 Å². The summed E-state index contributed by atoms with van der Waals surface area (Å²) in [5, 5.41) is -0.189. The number of carbonyl (C=O) groups excluding carboxylic acids is 1. The molecule has 1 saturated carbocycles. The van der Waals surface area contributed by atoms with Crippen molar-refractivity contribution < 1.29 is 4.79 Å². The first kappa shape index (κ1) is 13.5. The van der Waals surface area contributed by atoms with Crippen LogP contribution >= 0.6 is 12.6 Å². The second kappa shape index (κ2) is 6.28. The number of carbonyl (C=O) groups is 1. The summed E-state index contributed by atoms with van der Waals surface area (Å²) in [5.74, 6) is 0.747. The molecule has 0 spiro atoms. The number of nitrogens with zero attached hydrogens (tertiary/aromatic N) is 1. The lowest BCUT2D eigenvalue weighted by atomic mass is 9.84. The van der Waals surface area contributed by atoms with E-state index < -0.39 is 0 Å². The molecule has 18 heavy (non-hydrogen) atoms. The normalized spacial score (nSPS) is 16.6. The number of hydrogen-bond acceptors (Lipinski definition) is 1. The van der Waals surface area contributed by atoms with E-state index >= 15 is 0 Å². The first-order valence-electron chi connectivity index (χ1n) is 6.69. The van der Waals surface area contributed by atoms with E-state index in [4.69, 9.17) is 0 Å². The second-order valence-electron chi connectivity index (χ2n) is 5.22. The van der Waals surface area contributed by atoms with Crippen LogP contribution in [0.2, 0.25) is 0 Å². The molecule has 0 unspecified atom stereocenters. The lowest BCUT2D eigenvalue weighted by molar-refractivity contribution is 0.232. The second-order valence-corrected chi connectivity index (χ2v) is 5.60. The van der Waals surface area contributed by atoms with Gasteiger partial charge in [0.2, 0.25) is 0 Å². The van der Waals surface area contributed by atoms with Gasteiger partial charge in [-0.05, 0) is 29.9 Å². The van der Waals surface area contributed by atoms with Gasteiger partial charge in [0.15, 0.2) is 0 Å². The predicted molar refractivity (Wildman–Crippen MR) is 78.1 cm³/mol. The highest BCUT2D eigenvalue weighted by Crippen LogP contribution is 2.32. The van der Waals surface area contributed by atoms with Gasteiger partial charge in [0.1, 0.15) is 0 Å². The minimum atomic E-state index is -0.189. The smallest absolute Gasteiger partial charge is 0.278 e. The summed E-state index contributed by atoms with van der Waals surface area (Å²) in [6, 6.07) is 8.72. The fourth-order valence-electron chi connectivity index (χ4n) is 2.67. The molecular weight excluding hydrogens is 242 g/mol. The molecule has 0 aliphatic heterocycles. The largest absolute Gasteiger partial charge is 0.333 e. The standard InChI is InChI=1S/C15H21NOS/c1-16(15(17)18)11-12-7-9-14(10-8-12)13-5-3-2-4-6-13/h7-10,13H,2-6,11H2,1H3,(H,17,18). The van der Waals surface area contributed by atoms with Gasteiger partial charge in [0, 0.05) is 13.6 Å². The van der Waals surface area contributed by atoms with Gasteiger partial charge >= 0.3 is 0 Å². The predicted octanol–water partition coefficient (Wildman–Crippen LogP) is 4.22. The molecule has 1 amide bonds. The number of hydrogen-bond donors (Lipinski definition) is 1. The summed E-state index contributed by atoms with van der Waals surface area (Å²) >= 11 is 3.81. The van der Waals surface area contributed by atoms with Gasteiger partial charge < -0.3 is 4.90 Å². The molecule has 1 fully saturated rings. The van der Waals surface area contributed by atoms with Crippen molar-refractivity contribution in [3.8, 4) is 0 Å². The molecule has 98 valence electrons. The Bertz CT molecular complexity index is 395. The van der Waals surface area contributed by atoms with Gasteiger partial charge in [-0.1, -0.05) is 56.2 Å². The van der Waals surface area contributed by atoms with E-state index in [9.17, 15) is 4.79 Å². The summed E-state index contributed by atoms with van der Waals surface area (Å²) < 4.78 is 0. The van der Waals surface area contributed by atoms with Crippen LogP contribution in [0.15, 0.2) is 24.3 Å². The highest BCUT2D eigenvalue weighted by molar-refractivity contribution is 7.96. The molecule has 2 nitrogen and oxygen atoms in total. The first-order chi connectivity index (χ1) is 8.66. The fourth-order valence-corrected chi connectivity index (χ4v) is 2.74. The van der Waals surface area contributed by atoms with E-state index in [1.54, 1.807) is 11.9 Å². The Kier molecular flexibility index (Phi) is 4.70. The minimum Gasteiger partial charge on any atom is -0.333 e. The number of benzene rings is 1. The van der Waals surface area contributed by atoms with Crippen molar-refractivity contribution in [2.24, 2.45) is 0 Å². The van der Waals surface area contributed by atoms with Crippen molar-refractivity contribution in [3.05, 3.63) is 35.4 Å². The van der Waals surface area contributed by atoms with Gasteiger partial charge in [0.05, 0.1) is 0 Å². The zero-order valence-electron chi connectivity index (χ0n) is 10.9. The van der Waals surface area contributed by atoms with Crippen LogP contribution in [0.5, 0.6) is 0 Å². The van der Waals surface area contributed by atoms with E-state index in [0.29, 0.717) is 6.54 Å². The van der Waals surface area contributed by atoms with E-state index in [1.165, 1.54) is 43.2 Å². The van der Waals surface area contributed by atoms with Crippen molar-refractivity contribution >= 4 is 17.9 Å². The Morgan fingerprint density at radius 1 is 1.22 bits per heavy atom. The molecule has 0 bridgehead atoms. The van der Waals surface area contributed by atoms with E-state index in [0.717, 1.165) is 5.92 Å². The van der Waals surface area contributed by atoms with Gasteiger partial charge in [-0.15, -0.1) is 0 Å². The Labute approximate surface area is 115 Å². The lowest BCUT2D eigenvalue weighted by Gasteiger charge is -2.22. The summed E-state index contributed by atoms with van der Waals surface area (Å²) in [6.07, 6.45) is 6.78. The third-order valence-electron chi connectivity index (χ3n) is 3.80. The van der Waals surface area contributed by atoms with Gasteiger partial charge in [-0.25, -0.2) is 0 Å². The Morgan fingerprint density at radius 2 is 1.83 bits per heavy atom. The molecule has 0 radical (unpaired) electrons. The van der Waals surface area contributed by atoms with Crippen molar-refractivity contribution in [1.82, 2.24) is 4.90 Å². The average molecular weight is 263 g/mol. The van der Waals surface area contributed by atoms with Crippen LogP contribution in [0, 0.1) is 0 Å². The van der Waals surface area contributed by atoms with Crippen LogP contribution in [-0.2, 0) is 6.54 Å². The van der Waals surface area contributed by atoms with E-state index in [2.05, 4.69) is 36.9 Å². The third kappa shape index (κ3) is 3.52. The molecule has 0 atom stereocenters. The molecule has 0 N–H and O–H groups in total. The first-order valence-corrected chi connectivity index (χ1v) is 7.14. The Morgan fingerprint density at radius 3 is 2.39 bits per heavy atom. The van der Waals surface area contributed by atoms with Crippen molar-refractivity contribution in [2.45, 2.75) is 44.6 Å². The maximum Gasteiger partial charge on any atom is 0.278 e. The maximum absolute atomic E-state index is 11.1. The van der Waals surface area contributed by atoms with Gasteiger partial charge in [-0.3, -0.25) is 4.79 Å². The molecule has 1 aromatic rings. The summed E-state index contributed by atoms with van der Waals surface area (Å²) in [4.78, 5) is 12.7. The zero-order valence-corrected chi connectivity index (χ0v) is 11.8. The van der Waals surface area contributed by atoms with E-state index in [1.807, 2.05) is 0 Å². The lowest BCUT2D eigenvalue weighted by Crippen LogP contribution is -2.20.